The molecule has 0 bridgehead atoms. The van der Waals surface area contributed by atoms with E-state index in [4.69, 9.17) is 10.2 Å². The summed E-state index contributed by atoms with van der Waals surface area (Å²) in [4.78, 5) is 0. The molecular formula is C3H5O4P. The van der Waals surface area contributed by atoms with Crippen LogP contribution in [-0.4, -0.2) is 23.1 Å². The second-order valence-electron chi connectivity index (χ2n) is 0.938. The molecule has 5 heteroatoms. The van der Waals surface area contributed by atoms with Crippen molar-refractivity contribution in [3.05, 3.63) is 0 Å². The number of hydrogen-bond donors (Lipinski definition) is 2. The van der Waals surface area contributed by atoms with Crippen LogP contribution in [0.15, 0.2) is 0 Å². The Morgan fingerprint density at radius 2 is 2.50 bits per heavy atom. The van der Waals surface area contributed by atoms with Crippen LogP contribution in [0.4, 0.5) is 0 Å². The van der Waals surface area contributed by atoms with Crippen molar-refractivity contribution in [3.8, 4) is 5.81 Å². The maximum absolute atomic E-state index is 9.49. The monoisotopic (exact) mass is 136 g/mol. The third-order valence-corrected chi connectivity index (χ3v) is 0.562. The van der Waals surface area contributed by atoms with Crippen LogP contribution in [0.25, 0.3) is 0 Å². The number of aliphatic hydroxyl groups excluding tert-OH is 2. The summed E-state index contributed by atoms with van der Waals surface area (Å²) < 4.78 is 13.6. The summed E-state index contributed by atoms with van der Waals surface area (Å²) in [5.74, 6) is 1.81. The zero-order valence-electron chi connectivity index (χ0n) is 3.94. The third kappa shape index (κ3) is 4.06. The van der Waals surface area contributed by atoms with Crippen molar-refractivity contribution < 1.29 is 19.5 Å². The van der Waals surface area contributed by atoms with Gasteiger partial charge in [0.25, 0.3) is 0 Å². The predicted octanol–water partition coefficient (Wildman–Crippen LogP) is -0.478. The molecule has 0 aromatic heterocycles. The molecule has 0 aliphatic rings. The van der Waals surface area contributed by atoms with Gasteiger partial charge in [0, 0.05) is 0 Å². The van der Waals surface area contributed by atoms with Gasteiger partial charge in [-0.15, -0.1) is 0 Å². The Bertz CT molecular complexity index is 136. The Hall–Kier alpha value is -0.110. The standard InChI is InChI=1S/C3H5O4P/c4-1-3(5)7-2-8-6/h3-5H,1H2. The van der Waals surface area contributed by atoms with E-state index < -0.39 is 20.8 Å². The van der Waals surface area contributed by atoms with Crippen molar-refractivity contribution in [2.24, 2.45) is 0 Å². The summed E-state index contributed by atoms with van der Waals surface area (Å²) in [6.07, 6.45) is -1.31. The molecule has 0 heterocycles. The average Bonchev–Trinajstić information content (AvgIpc) is 1.83. The molecule has 0 rings (SSSR count). The van der Waals surface area contributed by atoms with E-state index >= 15 is 0 Å². The van der Waals surface area contributed by atoms with Gasteiger partial charge in [-0.05, 0) is 0 Å². The minimum atomic E-state index is -1.31. The van der Waals surface area contributed by atoms with Crippen molar-refractivity contribution in [3.63, 3.8) is 0 Å². The number of rotatable bonds is 2. The fourth-order valence-corrected chi connectivity index (χ4v) is 0.284. The molecule has 0 saturated heterocycles. The van der Waals surface area contributed by atoms with E-state index in [9.17, 15) is 4.57 Å². The first kappa shape index (κ1) is 7.89. The first-order valence-electron chi connectivity index (χ1n) is 1.83. The molecule has 46 valence electrons. The van der Waals surface area contributed by atoms with Crippen LogP contribution in [0.3, 0.4) is 0 Å². The molecule has 1 unspecified atom stereocenters. The zero-order valence-corrected chi connectivity index (χ0v) is 4.84. The van der Waals surface area contributed by atoms with E-state index in [-0.39, 0.29) is 0 Å². The van der Waals surface area contributed by atoms with Gasteiger partial charge < -0.3 is 0 Å². The van der Waals surface area contributed by atoms with Gasteiger partial charge in [-0.3, -0.25) is 0 Å². The van der Waals surface area contributed by atoms with E-state index in [1.807, 2.05) is 0 Å². The molecule has 0 aliphatic carbocycles. The number of ether oxygens (including phenoxy) is 1. The van der Waals surface area contributed by atoms with Gasteiger partial charge in [0.05, 0.1) is 0 Å². The van der Waals surface area contributed by atoms with Crippen molar-refractivity contribution in [2.75, 3.05) is 6.61 Å². The molecule has 8 heavy (non-hydrogen) atoms. The quantitative estimate of drug-likeness (QED) is 0.397. The van der Waals surface area contributed by atoms with E-state index in [2.05, 4.69) is 4.74 Å². The van der Waals surface area contributed by atoms with Crippen LogP contribution >= 0.6 is 7.92 Å². The fourth-order valence-electron chi connectivity index (χ4n) is 0.120. The summed E-state index contributed by atoms with van der Waals surface area (Å²) >= 11 is 0. The van der Waals surface area contributed by atoms with Crippen LogP contribution in [0.1, 0.15) is 0 Å². The summed E-state index contributed by atoms with van der Waals surface area (Å²) in [6, 6.07) is 0. The summed E-state index contributed by atoms with van der Waals surface area (Å²) in [6.45, 7) is -0.525. The Morgan fingerprint density at radius 3 is 2.88 bits per heavy atom. The zero-order chi connectivity index (χ0) is 6.41. The molecule has 1 atom stereocenters. The van der Waals surface area contributed by atoms with Crippen LogP contribution in [-0.2, 0) is 9.30 Å². The first-order valence-corrected chi connectivity index (χ1v) is 2.64. The molecule has 2 N–H and O–H groups in total. The summed E-state index contributed by atoms with van der Waals surface area (Å²) in [5.41, 5.74) is 0. The fraction of sp³-hybridized carbons (Fsp3) is 0.667. The topological polar surface area (TPSA) is 66.8 Å². The number of hydrogen-bond acceptors (Lipinski definition) is 4. The number of aliphatic hydroxyl groups is 2. The molecule has 0 fully saturated rings. The van der Waals surface area contributed by atoms with Crippen LogP contribution < -0.4 is 0 Å². The minimum absolute atomic E-state index is 0.444. The van der Waals surface area contributed by atoms with Crippen LogP contribution in [0, 0.1) is 5.81 Å². The first-order chi connectivity index (χ1) is 3.81. The second-order valence-corrected chi connectivity index (χ2v) is 1.30. The average molecular weight is 136 g/mol. The molecular weight excluding hydrogens is 131 g/mol. The second kappa shape index (κ2) is 5.04. The molecule has 0 saturated carbocycles. The van der Waals surface area contributed by atoms with Gasteiger partial charge in [0.1, 0.15) is 0 Å². The van der Waals surface area contributed by atoms with Crippen LogP contribution in [0.2, 0.25) is 0 Å². The molecule has 0 aromatic rings. The van der Waals surface area contributed by atoms with E-state index in [1.165, 1.54) is 0 Å². The Kier molecular flexibility index (Phi) is 4.97. The summed E-state index contributed by atoms with van der Waals surface area (Å²) in [7, 11) is -0.444. The predicted molar refractivity (Wildman–Crippen MR) is 25.7 cm³/mol. The molecule has 4 nitrogen and oxygen atoms in total. The van der Waals surface area contributed by atoms with E-state index in [0.717, 1.165) is 0 Å². The van der Waals surface area contributed by atoms with Gasteiger partial charge in [-0.2, -0.15) is 0 Å². The van der Waals surface area contributed by atoms with Gasteiger partial charge in [0.15, 0.2) is 0 Å². The molecule has 0 aromatic carbocycles. The van der Waals surface area contributed by atoms with Gasteiger partial charge in [-0.1, -0.05) is 0 Å². The molecule has 0 spiro atoms. The summed E-state index contributed by atoms with van der Waals surface area (Å²) in [5, 5.41) is 16.4. The van der Waals surface area contributed by atoms with E-state index in [1.54, 1.807) is 5.81 Å². The van der Waals surface area contributed by atoms with Crippen molar-refractivity contribution in [2.45, 2.75) is 6.29 Å². The van der Waals surface area contributed by atoms with Crippen molar-refractivity contribution in [1.29, 1.82) is 0 Å². The van der Waals surface area contributed by atoms with E-state index in [0.29, 0.717) is 0 Å². The molecule has 0 radical (unpaired) electrons. The Morgan fingerprint density at radius 1 is 1.88 bits per heavy atom. The van der Waals surface area contributed by atoms with Gasteiger partial charge >= 0.3 is 46.1 Å². The van der Waals surface area contributed by atoms with Gasteiger partial charge in [0.2, 0.25) is 0 Å². The Balaban J connectivity index is 3.33. The SMILES string of the molecule is O=P#COC(O)CO. The molecule has 0 aliphatic heterocycles. The van der Waals surface area contributed by atoms with Crippen molar-refractivity contribution in [1.82, 2.24) is 0 Å². The third-order valence-electron chi connectivity index (χ3n) is 0.382. The normalized spacial score (nSPS) is 12.2. The molecule has 0 amide bonds. The van der Waals surface area contributed by atoms with Crippen LogP contribution in [0.5, 0.6) is 0 Å². The van der Waals surface area contributed by atoms with Gasteiger partial charge in [-0.25, -0.2) is 0 Å². The Labute approximate surface area is 47.2 Å². The van der Waals surface area contributed by atoms with Crippen molar-refractivity contribution >= 4 is 7.92 Å². The maximum atomic E-state index is 9.49.